The monoisotopic (exact) mass is 825 g/mol. The highest BCUT2D eigenvalue weighted by molar-refractivity contribution is 6.33. The third kappa shape index (κ3) is 14.2. The Morgan fingerprint density at radius 2 is 1.12 bits per heavy atom. The number of carboxylic acid groups (broad SMARTS) is 1. The van der Waals surface area contributed by atoms with Crippen molar-refractivity contribution in [3.63, 3.8) is 0 Å². The summed E-state index contributed by atoms with van der Waals surface area (Å²) in [5.74, 6) is 2.73. The standard InChI is InChI=1S/C20H20ClN3O3.C12H13ClN2O3.C7H8N2O.ClH/c1-12-16(9-8-15(10-22)18(12)21)24-19(13(2)25)20(27)23-11-17(26)14-6-4-3-5-7-14;1-6-9(4-3-8(5-14)10(6)13)15-11(7(2)16)12(17)18;8-9-7(10)6-4-2-1-3-5-6;/h3-9,13,19,24-25H,11H2,1-2H3,(H,23,27);3-4,7,11,15-16H,1-2H3,(H,17,18);1-5H,8H2,(H,9,10);1H/t13-,19+;7-,11+;;/m00../s1. The number of hydrazine groups is 1. The van der Waals surface area contributed by atoms with Gasteiger partial charge in [0.1, 0.15) is 18.2 Å². The van der Waals surface area contributed by atoms with Gasteiger partial charge in [0.05, 0.1) is 39.9 Å². The molecule has 0 saturated heterocycles. The molecular formula is C39H42Cl3N7O7. The molecule has 0 unspecified atom stereocenters. The van der Waals surface area contributed by atoms with Crippen molar-refractivity contribution < 1.29 is 34.5 Å². The topological polar surface area (TPSA) is 251 Å². The van der Waals surface area contributed by atoms with Crippen LogP contribution in [0.15, 0.2) is 84.9 Å². The maximum Gasteiger partial charge on any atom is 0.328 e. The van der Waals surface area contributed by atoms with Crippen molar-refractivity contribution in [2.24, 2.45) is 5.84 Å². The number of nitriles is 2. The Morgan fingerprint density at radius 3 is 1.50 bits per heavy atom. The van der Waals surface area contributed by atoms with Gasteiger partial charge in [-0.25, -0.2) is 10.6 Å². The fourth-order valence-corrected chi connectivity index (χ4v) is 5.07. The van der Waals surface area contributed by atoms with Gasteiger partial charge in [-0.3, -0.25) is 19.8 Å². The summed E-state index contributed by atoms with van der Waals surface area (Å²) < 4.78 is 0. The molecule has 17 heteroatoms. The molecule has 4 aromatic rings. The molecule has 0 aliphatic heterocycles. The summed E-state index contributed by atoms with van der Waals surface area (Å²) in [7, 11) is 0. The Bertz CT molecular complexity index is 2040. The molecule has 2 amide bonds. The maximum atomic E-state index is 12.5. The second-order valence-corrected chi connectivity index (χ2v) is 12.6. The lowest BCUT2D eigenvalue weighted by Gasteiger charge is -2.23. The Hall–Kier alpha value is -5.71. The first-order valence-corrected chi connectivity index (χ1v) is 17.3. The molecule has 0 spiro atoms. The van der Waals surface area contributed by atoms with Gasteiger partial charge in [0.15, 0.2) is 11.8 Å². The summed E-state index contributed by atoms with van der Waals surface area (Å²) >= 11 is 12.1. The molecule has 0 aliphatic rings. The van der Waals surface area contributed by atoms with Crippen LogP contribution in [0.3, 0.4) is 0 Å². The lowest BCUT2D eigenvalue weighted by Crippen LogP contribution is -2.47. The van der Waals surface area contributed by atoms with Gasteiger partial charge in [-0.2, -0.15) is 10.5 Å². The molecule has 14 nitrogen and oxygen atoms in total. The molecule has 0 radical (unpaired) electrons. The van der Waals surface area contributed by atoms with E-state index in [-0.39, 0.29) is 40.7 Å². The van der Waals surface area contributed by atoms with E-state index >= 15 is 0 Å². The highest BCUT2D eigenvalue weighted by Gasteiger charge is 2.26. The first-order chi connectivity index (χ1) is 26.1. The molecule has 9 N–H and O–H groups in total. The number of Topliss-reactive ketones (excluding diaryl/α,β-unsaturated/α-hetero) is 1. The van der Waals surface area contributed by atoms with Crippen LogP contribution in [-0.4, -0.2) is 69.7 Å². The van der Waals surface area contributed by atoms with Crippen LogP contribution in [0.5, 0.6) is 0 Å². The van der Waals surface area contributed by atoms with E-state index in [1.807, 2.05) is 23.6 Å². The molecule has 0 heterocycles. The number of aliphatic hydroxyl groups excluding tert-OH is 2. The SMILES string of the molecule is Cc1c(N[C@@H](C(=O)NCC(=O)c2ccccc2)[C@H](C)O)ccc(C#N)c1Cl.Cc1c(N[C@@H](C(=O)O)[C@H](C)O)ccc(C#N)c1Cl.Cl.NNC(=O)c1ccccc1. The van der Waals surface area contributed by atoms with Crippen molar-refractivity contribution in [2.75, 3.05) is 17.2 Å². The summed E-state index contributed by atoms with van der Waals surface area (Å²) in [6.45, 7) is 6.05. The van der Waals surface area contributed by atoms with Crippen LogP contribution >= 0.6 is 35.6 Å². The minimum atomic E-state index is -1.16. The van der Waals surface area contributed by atoms with Gasteiger partial charge in [-0.1, -0.05) is 71.7 Å². The van der Waals surface area contributed by atoms with E-state index in [0.29, 0.717) is 44.8 Å². The number of aliphatic carboxylic acids is 1. The molecule has 0 fully saturated rings. The van der Waals surface area contributed by atoms with Gasteiger partial charge in [-0.05, 0) is 75.2 Å². The Morgan fingerprint density at radius 1 is 0.714 bits per heavy atom. The zero-order valence-corrected chi connectivity index (χ0v) is 33.0. The minimum Gasteiger partial charge on any atom is -0.480 e. The lowest BCUT2D eigenvalue weighted by molar-refractivity contribution is -0.140. The number of nitrogens with one attached hydrogen (secondary N) is 4. The second-order valence-electron chi connectivity index (χ2n) is 11.8. The van der Waals surface area contributed by atoms with E-state index in [1.165, 1.54) is 26.0 Å². The largest absolute Gasteiger partial charge is 0.480 e. The van der Waals surface area contributed by atoms with E-state index in [4.69, 9.17) is 44.7 Å². The van der Waals surface area contributed by atoms with Crippen LogP contribution in [0.4, 0.5) is 11.4 Å². The lowest BCUT2D eigenvalue weighted by atomic mass is 10.1. The highest BCUT2D eigenvalue weighted by atomic mass is 35.5. The number of anilines is 2. The van der Waals surface area contributed by atoms with Crippen LogP contribution in [-0.2, 0) is 9.59 Å². The molecular weight excluding hydrogens is 785 g/mol. The number of aliphatic hydroxyl groups is 2. The zero-order chi connectivity index (χ0) is 41.2. The molecule has 4 atom stereocenters. The zero-order valence-electron chi connectivity index (χ0n) is 30.7. The third-order valence-corrected chi connectivity index (χ3v) is 8.81. The Labute approximate surface area is 340 Å². The molecule has 0 bridgehead atoms. The first-order valence-electron chi connectivity index (χ1n) is 16.5. The summed E-state index contributed by atoms with van der Waals surface area (Å²) in [4.78, 5) is 46.3. The smallest absolute Gasteiger partial charge is 0.328 e. The molecule has 0 aromatic heterocycles. The molecule has 0 aliphatic carbocycles. The average molecular weight is 827 g/mol. The van der Waals surface area contributed by atoms with Crippen molar-refractivity contribution in [1.82, 2.24) is 10.7 Å². The number of benzene rings is 4. The quantitative estimate of drug-likeness (QED) is 0.0399. The van der Waals surface area contributed by atoms with Gasteiger partial charge < -0.3 is 31.3 Å². The Balaban J connectivity index is 0.000000464. The number of rotatable bonds is 12. The first kappa shape index (κ1) is 48.3. The van der Waals surface area contributed by atoms with E-state index in [2.05, 4.69) is 16.0 Å². The van der Waals surface area contributed by atoms with Crippen LogP contribution in [0.1, 0.15) is 56.8 Å². The number of ketones is 1. The van der Waals surface area contributed by atoms with E-state index in [1.54, 1.807) is 80.6 Å². The molecule has 56 heavy (non-hydrogen) atoms. The third-order valence-electron chi connectivity index (χ3n) is 7.84. The van der Waals surface area contributed by atoms with E-state index in [9.17, 15) is 29.4 Å². The normalized spacial score (nSPS) is 12.0. The summed E-state index contributed by atoms with van der Waals surface area (Å²) in [5.41, 5.74) is 5.92. The average Bonchev–Trinajstić information content (AvgIpc) is 3.18. The van der Waals surface area contributed by atoms with Gasteiger partial charge in [-0.15, -0.1) is 12.4 Å². The maximum absolute atomic E-state index is 12.5. The van der Waals surface area contributed by atoms with Crippen molar-refractivity contribution in [2.45, 2.75) is 52.0 Å². The minimum absolute atomic E-state index is 0. The fraction of sp³-hybridized carbons (Fsp3) is 0.231. The van der Waals surface area contributed by atoms with Crippen LogP contribution < -0.4 is 27.2 Å². The fourth-order valence-electron chi connectivity index (χ4n) is 4.66. The molecule has 0 saturated carbocycles. The van der Waals surface area contributed by atoms with E-state index < -0.39 is 36.2 Å². The number of carbonyl (C=O) groups excluding carboxylic acids is 3. The number of carbonyl (C=O) groups is 4. The predicted octanol–water partition coefficient (Wildman–Crippen LogP) is 5.16. The number of hydrogen-bond acceptors (Lipinski definition) is 11. The van der Waals surface area contributed by atoms with Crippen molar-refractivity contribution >= 4 is 70.6 Å². The number of nitrogens with zero attached hydrogens (tertiary/aromatic N) is 2. The van der Waals surface area contributed by atoms with Crippen molar-refractivity contribution in [3.8, 4) is 12.1 Å². The second kappa shape index (κ2) is 23.9. The van der Waals surface area contributed by atoms with Crippen LogP contribution in [0, 0.1) is 36.5 Å². The van der Waals surface area contributed by atoms with Crippen LogP contribution in [0.2, 0.25) is 10.0 Å². The van der Waals surface area contributed by atoms with Gasteiger partial charge in [0.2, 0.25) is 5.91 Å². The Kier molecular flexibility index (Phi) is 20.7. The van der Waals surface area contributed by atoms with Crippen LogP contribution in [0.25, 0.3) is 0 Å². The molecule has 4 rings (SSSR count). The summed E-state index contributed by atoms with van der Waals surface area (Å²) in [6, 6.07) is 25.4. The number of nitrogen functional groups attached to an aromatic ring is 1. The number of amides is 2. The van der Waals surface area contributed by atoms with Crippen molar-refractivity contribution in [3.05, 3.63) is 128 Å². The van der Waals surface area contributed by atoms with Crippen molar-refractivity contribution in [1.29, 1.82) is 10.5 Å². The molecule has 296 valence electrons. The number of nitrogens with two attached hydrogens (primary N) is 1. The number of carboxylic acids is 1. The number of hydrogen-bond donors (Lipinski definition) is 8. The molecule has 4 aromatic carbocycles. The highest BCUT2D eigenvalue weighted by Crippen LogP contribution is 2.29. The van der Waals surface area contributed by atoms with Gasteiger partial charge in [0, 0.05) is 22.5 Å². The van der Waals surface area contributed by atoms with Gasteiger partial charge in [0.25, 0.3) is 5.91 Å². The predicted molar refractivity (Wildman–Crippen MR) is 217 cm³/mol. The van der Waals surface area contributed by atoms with Gasteiger partial charge >= 0.3 is 5.97 Å². The van der Waals surface area contributed by atoms with E-state index in [0.717, 1.165) is 0 Å². The number of halogens is 3. The summed E-state index contributed by atoms with van der Waals surface area (Å²) in [5, 5.41) is 54.9. The summed E-state index contributed by atoms with van der Waals surface area (Å²) in [6.07, 6.45) is -2.08.